The number of aromatic nitrogens is 2. The minimum atomic E-state index is -0.874. The van der Waals surface area contributed by atoms with Crippen molar-refractivity contribution in [2.45, 2.75) is 6.92 Å². The zero-order chi connectivity index (χ0) is 12.4. The molecule has 17 heavy (non-hydrogen) atoms. The summed E-state index contributed by atoms with van der Waals surface area (Å²) in [7, 11) is 0. The van der Waals surface area contributed by atoms with Crippen molar-refractivity contribution in [3.8, 4) is 11.5 Å². The Balaban J connectivity index is 2.41. The lowest BCUT2D eigenvalue weighted by Crippen LogP contribution is -2.30. The zero-order valence-electron chi connectivity index (χ0n) is 9.14. The molecule has 0 aliphatic heterocycles. The number of ether oxygens (including phenoxy) is 1. The minimum Gasteiger partial charge on any atom is -0.450 e. The maximum Gasteiger partial charge on any atom is 0.341 e. The van der Waals surface area contributed by atoms with Crippen molar-refractivity contribution in [3.05, 3.63) is 46.4 Å². The van der Waals surface area contributed by atoms with E-state index in [1.165, 1.54) is 0 Å². The molecule has 0 unspecified atom stereocenters. The van der Waals surface area contributed by atoms with Gasteiger partial charge in [0.1, 0.15) is 5.75 Å². The third-order valence-electron chi connectivity index (χ3n) is 2.20. The lowest BCUT2D eigenvalue weighted by atomic mass is 10.3. The van der Waals surface area contributed by atoms with E-state index in [1.807, 2.05) is 6.07 Å². The van der Waals surface area contributed by atoms with E-state index in [9.17, 15) is 9.59 Å². The van der Waals surface area contributed by atoms with Gasteiger partial charge in [0.05, 0.1) is 5.69 Å². The van der Waals surface area contributed by atoms with Crippen molar-refractivity contribution in [1.29, 1.82) is 0 Å². The molecule has 1 heterocycles. The summed E-state index contributed by atoms with van der Waals surface area (Å²) in [6.07, 6.45) is 0. The minimum absolute atomic E-state index is 0.0648. The third-order valence-corrected chi connectivity index (χ3v) is 2.20. The highest BCUT2D eigenvalue weighted by Gasteiger charge is 2.15. The van der Waals surface area contributed by atoms with Gasteiger partial charge in [-0.3, -0.25) is 9.89 Å². The summed E-state index contributed by atoms with van der Waals surface area (Å²) < 4.78 is 6.10. The van der Waals surface area contributed by atoms with Crippen LogP contribution in [0.5, 0.6) is 11.5 Å². The number of para-hydroxylation sites is 1. The Bertz CT molecular complexity index is 598. The second-order valence-electron chi connectivity index (χ2n) is 3.46. The van der Waals surface area contributed by atoms with Crippen molar-refractivity contribution in [2.24, 2.45) is 5.73 Å². The highest BCUT2D eigenvalue weighted by atomic mass is 16.5. The number of H-pyrrole nitrogens is 1. The molecule has 0 spiro atoms. The molecule has 0 aliphatic carbocycles. The van der Waals surface area contributed by atoms with Crippen LogP contribution in [0.25, 0.3) is 0 Å². The monoisotopic (exact) mass is 233 g/mol. The highest BCUT2D eigenvalue weighted by Crippen LogP contribution is 2.19. The quantitative estimate of drug-likeness (QED) is 0.816. The van der Waals surface area contributed by atoms with Crippen LogP contribution in [-0.2, 0) is 0 Å². The summed E-state index contributed by atoms with van der Waals surface area (Å²) in [6.45, 7) is 1.62. The molecular formula is C11H11N3O3. The number of hydrogen-bond donors (Lipinski definition) is 2. The second-order valence-corrected chi connectivity index (χ2v) is 3.46. The molecule has 88 valence electrons. The van der Waals surface area contributed by atoms with E-state index >= 15 is 0 Å². The Kier molecular flexibility index (Phi) is 2.70. The van der Waals surface area contributed by atoms with Gasteiger partial charge in [-0.15, -0.1) is 0 Å². The molecular weight excluding hydrogens is 222 g/mol. The fraction of sp³-hybridized carbons (Fsp3) is 0.0909. The molecule has 0 aliphatic rings. The van der Waals surface area contributed by atoms with Crippen molar-refractivity contribution < 1.29 is 9.53 Å². The van der Waals surface area contributed by atoms with Crippen LogP contribution in [0.4, 0.5) is 4.79 Å². The first-order valence-corrected chi connectivity index (χ1v) is 4.94. The normalized spacial score (nSPS) is 10.2. The highest BCUT2D eigenvalue weighted by molar-refractivity contribution is 5.74. The van der Waals surface area contributed by atoms with Crippen LogP contribution in [0.3, 0.4) is 0 Å². The van der Waals surface area contributed by atoms with Gasteiger partial charge in [-0.1, -0.05) is 18.2 Å². The van der Waals surface area contributed by atoms with E-state index in [2.05, 4.69) is 5.10 Å². The van der Waals surface area contributed by atoms with E-state index in [1.54, 1.807) is 31.2 Å². The molecule has 6 heteroatoms. The van der Waals surface area contributed by atoms with E-state index in [-0.39, 0.29) is 5.75 Å². The van der Waals surface area contributed by atoms with E-state index in [4.69, 9.17) is 10.5 Å². The molecule has 6 nitrogen and oxygen atoms in total. The van der Waals surface area contributed by atoms with Crippen LogP contribution in [0.2, 0.25) is 0 Å². The summed E-state index contributed by atoms with van der Waals surface area (Å²) in [4.78, 5) is 22.7. The smallest absolute Gasteiger partial charge is 0.341 e. The van der Waals surface area contributed by atoms with Gasteiger partial charge in [-0.05, 0) is 19.1 Å². The van der Waals surface area contributed by atoms with Gasteiger partial charge < -0.3 is 10.5 Å². The van der Waals surface area contributed by atoms with Crippen molar-refractivity contribution in [1.82, 2.24) is 9.78 Å². The fourth-order valence-electron chi connectivity index (χ4n) is 1.41. The SMILES string of the molecule is Cc1[nH]n(C(N)=O)c(=O)c1Oc1ccccc1. The van der Waals surface area contributed by atoms with E-state index in [0.29, 0.717) is 16.1 Å². The van der Waals surface area contributed by atoms with Gasteiger partial charge in [0.2, 0.25) is 5.75 Å². The Hall–Kier alpha value is -2.50. The fourth-order valence-corrected chi connectivity index (χ4v) is 1.41. The number of amides is 1. The van der Waals surface area contributed by atoms with Gasteiger partial charge >= 0.3 is 11.6 Å². The molecule has 0 saturated carbocycles. The number of aryl methyl sites for hydroxylation is 1. The van der Waals surface area contributed by atoms with Gasteiger partial charge in [0.25, 0.3) is 0 Å². The number of nitrogens with zero attached hydrogens (tertiary/aromatic N) is 1. The largest absolute Gasteiger partial charge is 0.450 e. The summed E-state index contributed by atoms with van der Waals surface area (Å²) in [5, 5.41) is 2.54. The third kappa shape index (κ3) is 2.05. The van der Waals surface area contributed by atoms with Crippen molar-refractivity contribution in [3.63, 3.8) is 0 Å². The van der Waals surface area contributed by atoms with Crippen molar-refractivity contribution >= 4 is 6.03 Å². The average Bonchev–Trinajstić information content (AvgIpc) is 2.58. The Labute approximate surface area is 96.6 Å². The summed E-state index contributed by atoms with van der Waals surface area (Å²) in [6, 6.07) is 7.94. The molecule has 1 aromatic carbocycles. The lowest BCUT2D eigenvalue weighted by Gasteiger charge is -2.01. The number of nitrogens with two attached hydrogens (primary N) is 1. The van der Waals surface area contributed by atoms with Crippen molar-refractivity contribution in [2.75, 3.05) is 0 Å². The standard InChI is InChI=1S/C11H11N3O3/c1-7-9(10(15)14(13-7)11(12)16)17-8-5-3-2-4-6-8/h2-6,13H,1H3,(H2,12,16). The maximum absolute atomic E-state index is 11.7. The van der Waals surface area contributed by atoms with E-state index < -0.39 is 11.6 Å². The second kappa shape index (κ2) is 4.17. The molecule has 1 aromatic heterocycles. The van der Waals surface area contributed by atoms with Crippen LogP contribution in [-0.4, -0.2) is 15.8 Å². The average molecular weight is 233 g/mol. The van der Waals surface area contributed by atoms with Gasteiger partial charge in [-0.25, -0.2) is 4.79 Å². The first kappa shape index (κ1) is 11.0. The van der Waals surface area contributed by atoms with Crippen LogP contribution in [0, 0.1) is 6.92 Å². The lowest BCUT2D eigenvalue weighted by molar-refractivity contribution is 0.247. The number of primary amides is 1. The number of hydrogen-bond acceptors (Lipinski definition) is 3. The van der Waals surface area contributed by atoms with Crippen LogP contribution < -0.4 is 16.0 Å². The Morgan fingerprint density at radius 2 is 2.00 bits per heavy atom. The molecule has 2 rings (SSSR count). The number of nitrogens with one attached hydrogen (secondary N) is 1. The van der Waals surface area contributed by atoms with Gasteiger partial charge in [0, 0.05) is 0 Å². The van der Waals surface area contributed by atoms with Gasteiger partial charge in [-0.2, -0.15) is 4.68 Å². The maximum atomic E-state index is 11.7. The number of carbonyl (C=O) groups is 1. The van der Waals surface area contributed by atoms with Crippen LogP contribution in [0.15, 0.2) is 35.1 Å². The Morgan fingerprint density at radius 1 is 1.35 bits per heavy atom. The molecule has 1 amide bonds. The topological polar surface area (TPSA) is 90.1 Å². The van der Waals surface area contributed by atoms with Crippen LogP contribution in [0.1, 0.15) is 5.69 Å². The molecule has 0 saturated heterocycles. The number of rotatable bonds is 2. The predicted octanol–water partition coefficient (Wildman–Crippen LogP) is 1.20. The molecule has 0 atom stereocenters. The van der Waals surface area contributed by atoms with Gasteiger partial charge in [0.15, 0.2) is 0 Å². The molecule has 0 fully saturated rings. The summed E-state index contributed by atoms with van der Waals surface area (Å²) in [5.41, 5.74) is 4.87. The summed E-state index contributed by atoms with van der Waals surface area (Å²) in [5.74, 6) is 0.582. The number of aromatic amines is 1. The zero-order valence-corrected chi connectivity index (χ0v) is 9.14. The first-order valence-electron chi connectivity index (χ1n) is 4.94. The summed E-state index contributed by atoms with van der Waals surface area (Å²) >= 11 is 0. The Morgan fingerprint density at radius 3 is 2.53 bits per heavy atom. The number of carbonyl (C=O) groups excluding carboxylic acids is 1. The van der Waals surface area contributed by atoms with Crippen LogP contribution >= 0.6 is 0 Å². The molecule has 2 aromatic rings. The molecule has 0 bridgehead atoms. The predicted molar refractivity (Wildman–Crippen MR) is 61.3 cm³/mol. The molecule has 3 N–H and O–H groups in total. The number of benzene rings is 1. The van der Waals surface area contributed by atoms with E-state index in [0.717, 1.165) is 0 Å². The molecule has 0 radical (unpaired) electrons. The first-order chi connectivity index (χ1) is 8.09.